The lowest BCUT2D eigenvalue weighted by Crippen LogP contribution is -2.43. The fraction of sp³-hybridized carbons (Fsp3) is 0.353. The summed E-state index contributed by atoms with van der Waals surface area (Å²) in [5.41, 5.74) is 5.96. The van der Waals surface area contributed by atoms with Crippen LogP contribution in [0, 0.1) is 5.92 Å². The number of carbonyl (C=O) groups is 2. The van der Waals surface area contributed by atoms with Crippen molar-refractivity contribution in [3.63, 3.8) is 0 Å². The first-order chi connectivity index (χ1) is 12.1. The van der Waals surface area contributed by atoms with Gasteiger partial charge in [0, 0.05) is 19.3 Å². The number of likely N-dealkylation sites (tertiary alicyclic amines) is 1. The van der Waals surface area contributed by atoms with Crippen molar-refractivity contribution in [3.05, 3.63) is 47.0 Å². The van der Waals surface area contributed by atoms with Gasteiger partial charge in [-0.25, -0.2) is 4.98 Å². The van der Waals surface area contributed by atoms with E-state index in [1.54, 1.807) is 23.1 Å². The standard InChI is InChI=1S/C17H19ClN4O3/c18-13-3-4-15(20-8-13)21-16(23)11-2-1-5-22(9-11)17(24)12-6-14(7-19)25-10-12/h3-4,6,8,10-11H,1-2,5,7,9,19H2,(H,20,21,23). The van der Waals surface area contributed by atoms with E-state index in [1.807, 2.05) is 0 Å². The molecule has 0 saturated carbocycles. The average Bonchev–Trinajstić information content (AvgIpc) is 3.12. The van der Waals surface area contributed by atoms with Gasteiger partial charge < -0.3 is 20.4 Å². The molecule has 1 aliphatic rings. The molecule has 3 rings (SSSR count). The molecule has 1 unspecified atom stereocenters. The molecule has 0 aliphatic carbocycles. The fourth-order valence-corrected chi connectivity index (χ4v) is 2.95. The van der Waals surface area contributed by atoms with E-state index < -0.39 is 0 Å². The van der Waals surface area contributed by atoms with Crippen molar-refractivity contribution in [2.75, 3.05) is 18.4 Å². The van der Waals surface area contributed by atoms with E-state index in [-0.39, 0.29) is 24.3 Å². The Morgan fingerprint density at radius 3 is 2.96 bits per heavy atom. The van der Waals surface area contributed by atoms with E-state index >= 15 is 0 Å². The Morgan fingerprint density at radius 1 is 1.44 bits per heavy atom. The first-order valence-corrected chi connectivity index (χ1v) is 8.44. The number of nitrogens with zero attached hydrogens (tertiary/aromatic N) is 2. The van der Waals surface area contributed by atoms with Crippen LogP contribution in [0.5, 0.6) is 0 Å². The smallest absolute Gasteiger partial charge is 0.257 e. The van der Waals surface area contributed by atoms with Gasteiger partial charge in [0.15, 0.2) is 0 Å². The lowest BCUT2D eigenvalue weighted by molar-refractivity contribution is -0.121. The topological polar surface area (TPSA) is 101 Å². The maximum Gasteiger partial charge on any atom is 0.257 e. The van der Waals surface area contributed by atoms with E-state index in [0.29, 0.717) is 35.3 Å². The fourth-order valence-electron chi connectivity index (χ4n) is 2.84. The van der Waals surface area contributed by atoms with Crippen LogP contribution in [-0.2, 0) is 11.3 Å². The molecule has 0 spiro atoms. The molecule has 1 fully saturated rings. The summed E-state index contributed by atoms with van der Waals surface area (Å²) in [5.74, 6) is 0.424. The van der Waals surface area contributed by atoms with Gasteiger partial charge >= 0.3 is 0 Å². The minimum atomic E-state index is -0.281. The van der Waals surface area contributed by atoms with Crippen molar-refractivity contribution in [2.45, 2.75) is 19.4 Å². The number of nitrogens with one attached hydrogen (secondary N) is 1. The van der Waals surface area contributed by atoms with Crippen molar-refractivity contribution in [1.82, 2.24) is 9.88 Å². The first-order valence-electron chi connectivity index (χ1n) is 8.06. The molecular formula is C17H19ClN4O3. The van der Waals surface area contributed by atoms with E-state index in [0.717, 1.165) is 12.8 Å². The summed E-state index contributed by atoms with van der Waals surface area (Å²) in [6.07, 6.45) is 4.37. The number of anilines is 1. The van der Waals surface area contributed by atoms with E-state index in [1.165, 1.54) is 12.5 Å². The number of pyridine rings is 1. The zero-order chi connectivity index (χ0) is 17.8. The molecule has 1 aliphatic heterocycles. The molecule has 1 saturated heterocycles. The lowest BCUT2D eigenvalue weighted by atomic mass is 9.96. The number of nitrogens with two attached hydrogens (primary N) is 1. The quantitative estimate of drug-likeness (QED) is 0.868. The van der Waals surface area contributed by atoms with Crippen LogP contribution in [0.1, 0.15) is 29.0 Å². The Balaban J connectivity index is 1.62. The van der Waals surface area contributed by atoms with Crippen LogP contribution in [-0.4, -0.2) is 34.8 Å². The zero-order valence-electron chi connectivity index (χ0n) is 13.6. The van der Waals surface area contributed by atoms with Crippen molar-refractivity contribution in [2.24, 2.45) is 11.7 Å². The van der Waals surface area contributed by atoms with Crippen LogP contribution in [0.2, 0.25) is 5.02 Å². The summed E-state index contributed by atoms with van der Waals surface area (Å²) in [4.78, 5) is 30.7. The Bertz CT molecular complexity index is 760. The van der Waals surface area contributed by atoms with Gasteiger partial charge in [-0.05, 0) is 31.0 Å². The molecule has 2 amide bonds. The number of carbonyl (C=O) groups excluding carboxylic acids is 2. The predicted octanol–water partition coefficient (Wildman–Crippen LogP) is 2.28. The van der Waals surface area contributed by atoms with Crippen molar-refractivity contribution >= 4 is 29.2 Å². The second kappa shape index (κ2) is 7.67. The average molecular weight is 363 g/mol. The second-order valence-corrected chi connectivity index (χ2v) is 6.38. The molecule has 7 nitrogen and oxygen atoms in total. The number of halogens is 1. The van der Waals surface area contributed by atoms with E-state index in [9.17, 15) is 9.59 Å². The molecule has 2 aromatic rings. The minimum Gasteiger partial charge on any atom is -0.467 e. The molecule has 25 heavy (non-hydrogen) atoms. The Kier molecular flexibility index (Phi) is 5.35. The Labute approximate surface area is 150 Å². The maximum atomic E-state index is 12.6. The van der Waals surface area contributed by atoms with Crippen LogP contribution in [0.15, 0.2) is 35.1 Å². The third-order valence-electron chi connectivity index (χ3n) is 4.16. The number of aromatic nitrogens is 1. The molecule has 8 heteroatoms. The largest absolute Gasteiger partial charge is 0.467 e. The van der Waals surface area contributed by atoms with Gasteiger partial charge in [0.2, 0.25) is 5.91 Å². The van der Waals surface area contributed by atoms with Crippen LogP contribution < -0.4 is 11.1 Å². The lowest BCUT2D eigenvalue weighted by Gasteiger charge is -2.31. The van der Waals surface area contributed by atoms with Crippen LogP contribution >= 0.6 is 11.6 Å². The summed E-state index contributed by atoms with van der Waals surface area (Å²) in [6.45, 7) is 1.22. The molecule has 3 N–H and O–H groups in total. The van der Waals surface area contributed by atoms with Gasteiger partial charge in [-0.1, -0.05) is 11.6 Å². The third-order valence-corrected chi connectivity index (χ3v) is 4.38. The number of rotatable bonds is 4. The first kappa shape index (κ1) is 17.4. The molecule has 0 radical (unpaired) electrons. The molecular weight excluding hydrogens is 344 g/mol. The Hall–Kier alpha value is -2.38. The van der Waals surface area contributed by atoms with Crippen LogP contribution in [0.25, 0.3) is 0 Å². The molecule has 2 aromatic heterocycles. The normalized spacial score (nSPS) is 17.4. The summed E-state index contributed by atoms with van der Waals surface area (Å²) >= 11 is 5.79. The number of hydrogen-bond acceptors (Lipinski definition) is 5. The highest BCUT2D eigenvalue weighted by atomic mass is 35.5. The van der Waals surface area contributed by atoms with Gasteiger partial charge in [0.05, 0.1) is 23.0 Å². The zero-order valence-corrected chi connectivity index (χ0v) is 14.3. The summed E-state index contributed by atoms with van der Waals surface area (Å²) in [6, 6.07) is 4.95. The monoisotopic (exact) mass is 362 g/mol. The number of piperidine rings is 1. The van der Waals surface area contributed by atoms with Crippen molar-refractivity contribution in [1.29, 1.82) is 0 Å². The highest BCUT2D eigenvalue weighted by Gasteiger charge is 2.29. The van der Waals surface area contributed by atoms with E-state index in [4.69, 9.17) is 21.8 Å². The van der Waals surface area contributed by atoms with Gasteiger partial charge in [-0.3, -0.25) is 9.59 Å². The molecule has 0 bridgehead atoms. The minimum absolute atomic E-state index is 0.148. The van der Waals surface area contributed by atoms with Gasteiger partial charge in [0.1, 0.15) is 17.8 Å². The predicted molar refractivity (Wildman–Crippen MR) is 93.1 cm³/mol. The number of amides is 2. The summed E-state index contributed by atoms with van der Waals surface area (Å²) < 4.78 is 5.22. The van der Waals surface area contributed by atoms with E-state index in [2.05, 4.69) is 10.3 Å². The van der Waals surface area contributed by atoms with Crippen molar-refractivity contribution in [3.8, 4) is 0 Å². The second-order valence-electron chi connectivity index (χ2n) is 5.95. The highest BCUT2D eigenvalue weighted by Crippen LogP contribution is 2.21. The van der Waals surface area contributed by atoms with Gasteiger partial charge in [-0.15, -0.1) is 0 Å². The highest BCUT2D eigenvalue weighted by molar-refractivity contribution is 6.30. The number of hydrogen-bond donors (Lipinski definition) is 2. The maximum absolute atomic E-state index is 12.6. The molecule has 1 atom stereocenters. The van der Waals surface area contributed by atoms with Crippen LogP contribution in [0.3, 0.4) is 0 Å². The van der Waals surface area contributed by atoms with Crippen LogP contribution in [0.4, 0.5) is 5.82 Å². The SMILES string of the molecule is NCc1cc(C(=O)N2CCCC(C(=O)Nc3ccc(Cl)cn3)C2)co1. The van der Waals surface area contributed by atoms with Crippen molar-refractivity contribution < 1.29 is 14.0 Å². The Morgan fingerprint density at radius 2 is 2.28 bits per heavy atom. The molecule has 132 valence electrons. The molecule has 3 heterocycles. The number of furan rings is 1. The van der Waals surface area contributed by atoms with Gasteiger partial charge in [0.25, 0.3) is 5.91 Å². The molecule has 0 aromatic carbocycles. The summed E-state index contributed by atoms with van der Waals surface area (Å²) in [7, 11) is 0. The van der Waals surface area contributed by atoms with Gasteiger partial charge in [-0.2, -0.15) is 0 Å². The third kappa shape index (κ3) is 4.18. The summed E-state index contributed by atoms with van der Waals surface area (Å²) in [5, 5.41) is 3.27.